The lowest BCUT2D eigenvalue weighted by Crippen LogP contribution is -2.34. The van der Waals surface area contributed by atoms with Gasteiger partial charge in [0.05, 0.1) is 6.54 Å². The lowest BCUT2D eigenvalue weighted by Gasteiger charge is -2.18. The van der Waals surface area contributed by atoms with Gasteiger partial charge in [-0.2, -0.15) is 0 Å². The summed E-state index contributed by atoms with van der Waals surface area (Å²) in [6.07, 6.45) is 0. The molecule has 0 aromatic heterocycles. The maximum atomic E-state index is 11.7. The third-order valence-electron chi connectivity index (χ3n) is 2.84. The van der Waals surface area contributed by atoms with Gasteiger partial charge in [-0.1, -0.05) is 0 Å². The van der Waals surface area contributed by atoms with E-state index < -0.39 is 0 Å². The molecule has 0 atom stereocenters. The first-order valence-electron chi connectivity index (χ1n) is 6.36. The van der Waals surface area contributed by atoms with Crippen molar-refractivity contribution in [2.75, 3.05) is 26.2 Å². The second-order valence-corrected chi connectivity index (χ2v) is 4.01. The third-order valence-corrected chi connectivity index (χ3v) is 2.84. The number of Topliss-reactive ketones (excluding diaryl/α,β-unsaturated/α-hetero) is 1. The predicted octanol–water partition coefficient (Wildman–Crippen LogP) is 1.08. The minimum absolute atomic E-state index is 0.00582. The zero-order valence-electron chi connectivity index (χ0n) is 11.4. The molecule has 1 amide bonds. The van der Waals surface area contributed by atoms with E-state index in [9.17, 15) is 9.59 Å². The first kappa shape index (κ1) is 15.2. The maximum Gasteiger partial charge on any atom is 0.260 e. The average Bonchev–Trinajstić information content (AvgIpc) is 2.46. The topological polar surface area (TPSA) is 72.6 Å². The van der Waals surface area contributed by atoms with E-state index in [1.807, 2.05) is 13.8 Å². The summed E-state index contributed by atoms with van der Waals surface area (Å²) in [6, 6.07) is 6.62. The highest BCUT2D eigenvalue weighted by atomic mass is 16.5. The van der Waals surface area contributed by atoms with E-state index in [4.69, 9.17) is 10.5 Å². The summed E-state index contributed by atoms with van der Waals surface area (Å²) in [6.45, 7) is 5.18. The number of carbonyl (C=O) groups excluding carboxylic acids is 2. The van der Waals surface area contributed by atoms with Gasteiger partial charge < -0.3 is 15.4 Å². The molecule has 0 aliphatic heterocycles. The number of carbonyl (C=O) groups is 2. The number of benzene rings is 1. The fraction of sp³-hybridized carbons (Fsp3) is 0.429. The van der Waals surface area contributed by atoms with Crippen LogP contribution in [0.3, 0.4) is 0 Å². The molecule has 1 aromatic rings. The molecule has 0 radical (unpaired) electrons. The molecule has 0 fully saturated rings. The Morgan fingerprint density at radius 3 is 2.21 bits per heavy atom. The van der Waals surface area contributed by atoms with Gasteiger partial charge in [0.1, 0.15) is 5.75 Å². The maximum absolute atomic E-state index is 11.7. The van der Waals surface area contributed by atoms with E-state index >= 15 is 0 Å². The van der Waals surface area contributed by atoms with Crippen molar-refractivity contribution >= 4 is 11.7 Å². The quantitative estimate of drug-likeness (QED) is 0.748. The molecule has 0 aliphatic carbocycles. The monoisotopic (exact) mass is 264 g/mol. The van der Waals surface area contributed by atoms with Crippen LogP contribution in [0, 0.1) is 0 Å². The van der Waals surface area contributed by atoms with E-state index in [1.165, 1.54) is 0 Å². The number of likely N-dealkylation sites (N-methyl/N-ethyl adjacent to an activating group) is 1. The molecule has 104 valence electrons. The molecule has 1 rings (SSSR count). The second-order valence-electron chi connectivity index (χ2n) is 4.01. The standard InChI is InChI=1S/C14H20N2O3/c1-3-16(4-2)14(18)10-19-12-7-5-11(6-8-12)13(17)9-15/h5-8H,3-4,9-10,15H2,1-2H3. The van der Waals surface area contributed by atoms with Crippen molar-refractivity contribution in [2.45, 2.75) is 13.8 Å². The van der Waals surface area contributed by atoms with Crippen molar-refractivity contribution < 1.29 is 14.3 Å². The first-order valence-corrected chi connectivity index (χ1v) is 6.36. The number of hydrogen-bond acceptors (Lipinski definition) is 4. The van der Waals surface area contributed by atoms with Crippen LogP contribution in [0.4, 0.5) is 0 Å². The number of amides is 1. The van der Waals surface area contributed by atoms with E-state index in [0.717, 1.165) is 0 Å². The molecular weight excluding hydrogens is 244 g/mol. The van der Waals surface area contributed by atoms with E-state index in [1.54, 1.807) is 29.2 Å². The van der Waals surface area contributed by atoms with Gasteiger partial charge in [0.25, 0.3) is 5.91 Å². The van der Waals surface area contributed by atoms with Crippen molar-refractivity contribution in [1.29, 1.82) is 0 Å². The summed E-state index contributed by atoms with van der Waals surface area (Å²) in [5.41, 5.74) is 5.82. The molecule has 0 spiro atoms. The smallest absolute Gasteiger partial charge is 0.260 e. The van der Waals surface area contributed by atoms with Crippen molar-refractivity contribution in [1.82, 2.24) is 4.90 Å². The highest BCUT2D eigenvalue weighted by molar-refractivity contribution is 5.97. The van der Waals surface area contributed by atoms with Crippen molar-refractivity contribution in [3.63, 3.8) is 0 Å². The van der Waals surface area contributed by atoms with Gasteiger partial charge in [-0.25, -0.2) is 0 Å². The Labute approximate surface area is 113 Å². The molecule has 0 aliphatic rings. The normalized spacial score (nSPS) is 10.1. The summed E-state index contributed by atoms with van der Waals surface area (Å²) in [4.78, 5) is 24.8. The molecule has 2 N–H and O–H groups in total. The molecular formula is C14H20N2O3. The molecule has 0 unspecified atom stereocenters. The van der Waals surface area contributed by atoms with Gasteiger partial charge in [-0.05, 0) is 38.1 Å². The number of nitrogens with zero attached hydrogens (tertiary/aromatic N) is 1. The SMILES string of the molecule is CCN(CC)C(=O)COc1ccc(C(=O)CN)cc1. The van der Waals surface area contributed by atoms with Gasteiger partial charge in [-0.3, -0.25) is 9.59 Å². The summed E-state index contributed by atoms with van der Waals surface area (Å²) in [5.74, 6) is 0.395. The Hall–Kier alpha value is -1.88. The number of ketones is 1. The van der Waals surface area contributed by atoms with E-state index in [-0.39, 0.29) is 24.8 Å². The molecule has 0 saturated heterocycles. The fourth-order valence-electron chi connectivity index (χ4n) is 1.67. The molecule has 0 heterocycles. The third kappa shape index (κ3) is 4.37. The van der Waals surface area contributed by atoms with Crippen molar-refractivity contribution in [3.8, 4) is 5.75 Å². The molecule has 0 saturated carbocycles. The zero-order chi connectivity index (χ0) is 14.3. The van der Waals surface area contributed by atoms with Crippen LogP contribution in [0.2, 0.25) is 0 Å². The highest BCUT2D eigenvalue weighted by Crippen LogP contribution is 2.12. The minimum atomic E-state index is -0.120. The predicted molar refractivity (Wildman–Crippen MR) is 73.2 cm³/mol. The molecule has 19 heavy (non-hydrogen) atoms. The van der Waals surface area contributed by atoms with Gasteiger partial charge in [0, 0.05) is 18.7 Å². The van der Waals surface area contributed by atoms with Crippen LogP contribution in [0.1, 0.15) is 24.2 Å². The van der Waals surface area contributed by atoms with Crippen LogP contribution in [-0.2, 0) is 4.79 Å². The van der Waals surface area contributed by atoms with E-state index in [2.05, 4.69) is 0 Å². The van der Waals surface area contributed by atoms with Crippen LogP contribution < -0.4 is 10.5 Å². The Morgan fingerprint density at radius 2 is 1.74 bits per heavy atom. The summed E-state index contributed by atoms with van der Waals surface area (Å²) in [7, 11) is 0. The fourth-order valence-corrected chi connectivity index (χ4v) is 1.67. The first-order chi connectivity index (χ1) is 9.12. The largest absolute Gasteiger partial charge is 0.484 e. The minimum Gasteiger partial charge on any atom is -0.484 e. The van der Waals surface area contributed by atoms with Gasteiger partial charge in [0.2, 0.25) is 0 Å². The zero-order valence-corrected chi connectivity index (χ0v) is 11.4. The van der Waals surface area contributed by atoms with Crippen LogP contribution in [0.5, 0.6) is 5.75 Å². The van der Waals surface area contributed by atoms with Crippen LogP contribution in [-0.4, -0.2) is 42.8 Å². The average molecular weight is 264 g/mol. The van der Waals surface area contributed by atoms with Gasteiger partial charge in [-0.15, -0.1) is 0 Å². The lowest BCUT2D eigenvalue weighted by atomic mass is 10.1. The van der Waals surface area contributed by atoms with E-state index in [0.29, 0.717) is 24.4 Å². The summed E-state index contributed by atoms with van der Waals surface area (Å²) < 4.78 is 5.39. The van der Waals surface area contributed by atoms with Crippen molar-refractivity contribution in [2.24, 2.45) is 5.73 Å². The molecule has 0 bridgehead atoms. The summed E-state index contributed by atoms with van der Waals surface area (Å²) >= 11 is 0. The number of ether oxygens (including phenoxy) is 1. The molecule has 1 aromatic carbocycles. The lowest BCUT2D eigenvalue weighted by molar-refractivity contribution is -0.132. The Morgan fingerprint density at radius 1 is 1.16 bits per heavy atom. The molecule has 5 heteroatoms. The number of nitrogens with two attached hydrogens (primary N) is 1. The number of rotatable bonds is 7. The highest BCUT2D eigenvalue weighted by Gasteiger charge is 2.10. The number of hydrogen-bond donors (Lipinski definition) is 1. The summed E-state index contributed by atoms with van der Waals surface area (Å²) in [5, 5.41) is 0. The Kier molecular flexibility index (Phi) is 6.02. The Balaban J connectivity index is 2.54. The van der Waals surface area contributed by atoms with Crippen LogP contribution >= 0.6 is 0 Å². The second kappa shape index (κ2) is 7.53. The van der Waals surface area contributed by atoms with Crippen molar-refractivity contribution in [3.05, 3.63) is 29.8 Å². The van der Waals surface area contributed by atoms with Crippen LogP contribution in [0.25, 0.3) is 0 Å². The molecule has 5 nitrogen and oxygen atoms in total. The van der Waals surface area contributed by atoms with Gasteiger partial charge in [0.15, 0.2) is 12.4 Å². The van der Waals surface area contributed by atoms with Gasteiger partial charge >= 0.3 is 0 Å². The van der Waals surface area contributed by atoms with Crippen LogP contribution in [0.15, 0.2) is 24.3 Å². The Bertz CT molecular complexity index is 425.